The number of nitrogens with zero attached hydrogens (tertiary/aromatic N) is 3. The molecule has 2 aromatic rings. The number of nitrogens with one attached hydrogen (secondary N) is 1. The minimum atomic E-state index is -0.850. The van der Waals surface area contributed by atoms with Crippen LogP contribution in [0.2, 0.25) is 0 Å². The number of rotatable bonds is 4. The molecular weight excluding hydrogens is 382 g/mol. The number of amides is 3. The van der Waals surface area contributed by atoms with Gasteiger partial charge in [-0.2, -0.15) is 0 Å². The van der Waals surface area contributed by atoms with Crippen LogP contribution < -0.4 is 11.1 Å². The molecule has 0 bridgehead atoms. The SMILES string of the molecule is Cn1c(SCC(=O)NC(N)=O)nnc1-c1cc2c(s1)CCC(C(C)(C)C)C2. The van der Waals surface area contributed by atoms with Crippen molar-refractivity contribution in [3.05, 3.63) is 16.5 Å². The number of carbonyl (C=O) groups excluding carboxylic acids is 2. The summed E-state index contributed by atoms with van der Waals surface area (Å²) >= 11 is 3.01. The summed E-state index contributed by atoms with van der Waals surface area (Å²) in [5.41, 5.74) is 6.69. The zero-order valence-electron chi connectivity index (χ0n) is 16.0. The summed E-state index contributed by atoms with van der Waals surface area (Å²) in [5.74, 6) is 1.11. The Morgan fingerprint density at radius 1 is 1.41 bits per heavy atom. The number of hydrogen-bond donors (Lipinski definition) is 2. The molecule has 0 saturated carbocycles. The average Bonchev–Trinajstić information content (AvgIpc) is 3.13. The van der Waals surface area contributed by atoms with Gasteiger partial charge in [0.1, 0.15) is 0 Å². The molecule has 2 aromatic heterocycles. The van der Waals surface area contributed by atoms with Crippen molar-refractivity contribution in [1.29, 1.82) is 0 Å². The number of fused-ring (bicyclic) bond motifs is 1. The molecule has 9 heteroatoms. The van der Waals surface area contributed by atoms with Gasteiger partial charge in [0, 0.05) is 11.9 Å². The predicted molar refractivity (Wildman–Crippen MR) is 108 cm³/mol. The molecule has 1 atom stereocenters. The van der Waals surface area contributed by atoms with E-state index in [2.05, 4.69) is 37.0 Å². The molecule has 7 nitrogen and oxygen atoms in total. The van der Waals surface area contributed by atoms with Crippen molar-refractivity contribution in [1.82, 2.24) is 20.1 Å². The maximum atomic E-state index is 11.6. The molecule has 1 unspecified atom stereocenters. The molecule has 27 heavy (non-hydrogen) atoms. The van der Waals surface area contributed by atoms with E-state index in [9.17, 15) is 9.59 Å². The van der Waals surface area contributed by atoms with E-state index in [0.717, 1.165) is 23.5 Å². The quantitative estimate of drug-likeness (QED) is 0.759. The Morgan fingerprint density at radius 3 is 2.81 bits per heavy atom. The Kier molecular flexibility index (Phi) is 5.62. The lowest BCUT2D eigenvalue weighted by Gasteiger charge is -2.33. The molecule has 0 saturated heterocycles. The normalized spacial score (nSPS) is 16.8. The van der Waals surface area contributed by atoms with Crippen LogP contribution in [0, 0.1) is 11.3 Å². The largest absolute Gasteiger partial charge is 0.351 e. The van der Waals surface area contributed by atoms with Crippen molar-refractivity contribution in [3.8, 4) is 10.7 Å². The number of urea groups is 1. The van der Waals surface area contributed by atoms with E-state index in [1.807, 2.05) is 16.9 Å². The van der Waals surface area contributed by atoms with Crippen LogP contribution in [0.25, 0.3) is 10.7 Å². The minimum Gasteiger partial charge on any atom is -0.351 e. The monoisotopic (exact) mass is 407 g/mol. The molecule has 3 N–H and O–H groups in total. The molecule has 3 rings (SSSR count). The van der Waals surface area contributed by atoms with Crippen LogP contribution in [-0.2, 0) is 24.7 Å². The number of thioether (sulfide) groups is 1. The van der Waals surface area contributed by atoms with Crippen LogP contribution in [0.5, 0.6) is 0 Å². The van der Waals surface area contributed by atoms with Gasteiger partial charge in [-0.15, -0.1) is 21.5 Å². The number of hydrogen-bond acceptors (Lipinski definition) is 6. The van der Waals surface area contributed by atoms with Crippen molar-refractivity contribution in [2.45, 2.75) is 45.2 Å². The number of thiophene rings is 1. The van der Waals surface area contributed by atoms with Crippen LogP contribution in [0.3, 0.4) is 0 Å². The van der Waals surface area contributed by atoms with Crippen LogP contribution >= 0.6 is 23.1 Å². The Balaban J connectivity index is 1.73. The van der Waals surface area contributed by atoms with Crippen LogP contribution in [0.4, 0.5) is 4.79 Å². The zero-order chi connectivity index (χ0) is 19.8. The summed E-state index contributed by atoms with van der Waals surface area (Å²) < 4.78 is 1.89. The Morgan fingerprint density at radius 2 is 2.15 bits per heavy atom. The standard InChI is InChI=1S/C18H25N5O2S2/c1-18(2,3)11-5-6-12-10(7-11)8-13(27-12)15-21-22-17(23(15)4)26-9-14(24)20-16(19)25/h8,11H,5-7,9H2,1-4H3,(H3,19,20,24,25). The van der Waals surface area contributed by atoms with Gasteiger partial charge in [0.05, 0.1) is 10.6 Å². The highest BCUT2D eigenvalue weighted by Crippen LogP contribution is 2.42. The average molecular weight is 408 g/mol. The van der Waals surface area contributed by atoms with Gasteiger partial charge in [-0.1, -0.05) is 32.5 Å². The van der Waals surface area contributed by atoms with E-state index in [0.29, 0.717) is 16.5 Å². The maximum Gasteiger partial charge on any atom is 0.318 e. The smallest absolute Gasteiger partial charge is 0.318 e. The minimum absolute atomic E-state index is 0.0586. The lowest BCUT2D eigenvalue weighted by molar-refractivity contribution is -0.117. The van der Waals surface area contributed by atoms with Crippen molar-refractivity contribution < 1.29 is 9.59 Å². The number of nitrogens with two attached hydrogens (primary N) is 1. The summed E-state index contributed by atoms with van der Waals surface area (Å²) in [6.07, 6.45) is 3.46. The van der Waals surface area contributed by atoms with Gasteiger partial charge in [0.15, 0.2) is 11.0 Å². The molecule has 0 radical (unpaired) electrons. The number of imide groups is 1. The second-order valence-electron chi connectivity index (χ2n) is 7.93. The fourth-order valence-electron chi connectivity index (χ4n) is 3.33. The van der Waals surface area contributed by atoms with Gasteiger partial charge in [0.25, 0.3) is 0 Å². The van der Waals surface area contributed by atoms with Gasteiger partial charge in [-0.25, -0.2) is 4.79 Å². The van der Waals surface area contributed by atoms with E-state index in [4.69, 9.17) is 5.73 Å². The third-order valence-electron chi connectivity index (χ3n) is 4.96. The summed E-state index contributed by atoms with van der Waals surface area (Å²) in [6, 6.07) is 1.40. The molecule has 0 aromatic carbocycles. The first-order valence-electron chi connectivity index (χ1n) is 8.88. The summed E-state index contributed by atoms with van der Waals surface area (Å²) in [6.45, 7) is 6.95. The fourth-order valence-corrected chi connectivity index (χ4v) is 5.27. The maximum absolute atomic E-state index is 11.6. The van der Waals surface area contributed by atoms with Crippen LogP contribution in [0.15, 0.2) is 11.2 Å². The molecule has 146 valence electrons. The topological polar surface area (TPSA) is 103 Å². The predicted octanol–water partition coefficient (Wildman–Crippen LogP) is 2.98. The van der Waals surface area contributed by atoms with E-state index in [-0.39, 0.29) is 5.75 Å². The van der Waals surface area contributed by atoms with E-state index in [1.54, 1.807) is 11.3 Å². The van der Waals surface area contributed by atoms with E-state index < -0.39 is 11.9 Å². The Hall–Kier alpha value is -1.87. The van der Waals surface area contributed by atoms with Gasteiger partial charge in [0.2, 0.25) is 5.91 Å². The summed E-state index contributed by atoms with van der Waals surface area (Å²) in [7, 11) is 1.89. The van der Waals surface area contributed by atoms with Crippen molar-refractivity contribution in [3.63, 3.8) is 0 Å². The summed E-state index contributed by atoms with van der Waals surface area (Å²) in [4.78, 5) is 24.8. The van der Waals surface area contributed by atoms with Crippen LogP contribution in [-0.4, -0.2) is 32.5 Å². The second kappa shape index (κ2) is 7.63. The number of aryl methyl sites for hydroxylation is 1. The Bertz CT molecular complexity index is 866. The molecule has 0 aliphatic heterocycles. The molecule has 1 aliphatic rings. The lowest BCUT2D eigenvalue weighted by Crippen LogP contribution is -2.36. The first-order valence-corrected chi connectivity index (χ1v) is 10.7. The zero-order valence-corrected chi connectivity index (χ0v) is 17.7. The third-order valence-corrected chi connectivity index (χ3v) is 7.21. The highest BCUT2D eigenvalue weighted by atomic mass is 32.2. The number of primary amides is 1. The van der Waals surface area contributed by atoms with Crippen molar-refractivity contribution in [2.75, 3.05) is 5.75 Å². The number of aromatic nitrogens is 3. The fraction of sp³-hybridized carbons (Fsp3) is 0.556. The molecule has 3 amide bonds. The van der Waals surface area contributed by atoms with Gasteiger partial charge in [-0.05, 0) is 42.2 Å². The highest BCUT2D eigenvalue weighted by Gasteiger charge is 2.30. The molecule has 0 spiro atoms. The second-order valence-corrected chi connectivity index (χ2v) is 10.0. The van der Waals surface area contributed by atoms with Gasteiger partial charge >= 0.3 is 6.03 Å². The number of carbonyl (C=O) groups is 2. The first-order chi connectivity index (χ1) is 12.6. The molecule has 1 aliphatic carbocycles. The summed E-state index contributed by atoms with van der Waals surface area (Å²) in [5, 5.41) is 11.2. The van der Waals surface area contributed by atoms with Crippen LogP contribution in [0.1, 0.15) is 37.6 Å². The van der Waals surface area contributed by atoms with E-state index >= 15 is 0 Å². The molecule has 2 heterocycles. The first kappa shape index (κ1) is 19.9. The van der Waals surface area contributed by atoms with E-state index in [1.165, 1.54) is 28.6 Å². The van der Waals surface area contributed by atoms with Crippen molar-refractivity contribution in [2.24, 2.45) is 24.1 Å². The van der Waals surface area contributed by atoms with Gasteiger partial charge in [-0.3, -0.25) is 10.1 Å². The lowest BCUT2D eigenvalue weighted by atomic mass is 9.72. The highest BCUT2D eigenvalue weighted by molar-refractivity contribution is 7.99. The van der Waals surface area contributed by atoms with Crippen molar-refractivity contribution >= 4 is 35.0 Å². The third kappa shape index (κ3) is 4.52. The molecule has 0 fully saturated rings. The van der Waals surface area contributed by atoms with Gasteiger partial charge < -0.3 is 10.3 Å². The Labute approximate surface area is 167 Å². The molecular formula is C18H25N5O2S2.